The van der Waals surface area contributed by atoms with Crippen LogP contribution in [0.25, 0.3) is 0 Å². The Bertz CT molecular complexity index is 862. The number of halogens is 3. The summed E-state index contributed by atoms with van der Waals surface area (Å²) in [6, 6.07) is 3.00. The van der Waals surface area contributed by atoms with Gasteiger partial charge in [0.15, 0.2) is 5.16 Å². The van der Waals surface area contributed by atoms with Gasteiger partial charge >= 0.3 is 0 Å². The second-order valence-electron chi connectivity index (χ2n) is 6.06. The van der Waals surface area contributed by atoms with Crippen molar-refractivity contribution in [3.8, 4) is 0 Å². The Morgan fingerprint density at radius 1 is 1.22 bits per heavy atom. The first-order valence-corrected chi connectivity index (χ1v) is 10.3. The number of hydrogen-bond acceptors (Lipinski definition) is 5. The van der Waals surface area contributed by atoms with Crippen LogP contribution in [0.15, 0.2) is 17.3 Å². The molecule has 1 saturated carbocycles. The van der Waals surface area contributed by atoms with E-state index in [1.54, 1.807) is 0 Å². The normalized spacial score (nSPS) is 13.6. The molecule has 144 valence electrons. The van der Waals surface area contributed by atoms with Crippen molar-refractivity contribution >= 4 is 64.1 Å². The Hall–Kier alpha value is -1.48. The number of nitrogens with one attached hydrogen (secondary N) is 1. The van der Waals surface area contributed by atoms with E-state index in [4.69, 9.17) is 40.5 Å². The number of aromatic nitrogens is 3. The first-order chi connectivity index (χ1) is 12.8. The van der Waals surface area contributed by atoms with Gasteiger partial charge in [0.2, 0.25) is 11.8 Å². The summed E-state index contributed by atoms with van der Waals surface area (Å²) in [5.74, 6) is 0.576. The third kappa shape index (κ3) is 5.28. The number of nitrogens with two attached hydrogens (primary N) is 1. The maximum atomic E-state index is 12.3. The van der Waals surface area contributed by atoms with Gasteiger partial charge in [-0.05, 0) is 25.0 Å². The second-order valence-corrected chi connectivity index (χ2v) is 8.26. The number of hydrogen-bond donors (Lipinski definition) is 2. The number of carbonyl (C=O) groups excluding carboxylic acids is 2. The SMILES string of the molecule is NC(=O)CCn1c(SCC(=O)Nc2c(Cl)cc(Cl)cc2Cl)nnc1C1CC1. The lowest BCUT2D eigenvalue weighted by Gasteiger charge is -2.11. The standard InChI is InChI=1S/C16H16Cl3N5O2S/c17-9-5-10(18)14(11(19)6-9)21-13(26)7-27-16-23-22-15(8-1-2-8)24(16)4-3-12(20)25/h5-6,8H,1-4,7H2,(H2,20,25)(H,21,26). The second kappa shape index (κ2) is 8.68. The smallest absolute Gasteiger partial charge is 0.234 e. The van der Waals surface area contributed by atoms with Crippen LogP contribution in [-0.4, -0.2) is 32.3 Å². The first-order valence-electron chi connectivity index (χ1n) is 8.13. The van der Waals surface area contributed by atoms with Gasteiger partial charge in [0.05, 0.1) is 21.5 Å². The zero-order chi connectivity index (χ0) is 19.6. The number of benzene rings is 1. The van der Waals surface area contributed by atoms with Gasteiger partial charge < -0.3 is 15.6 Å². The molecule has 0 spiro atoms. The lowest BCUT2D eigenvalue weighted by Crippen LogP contribution is -2.17. The molecule has 11 heteroatoms. The summed E-state index contributed by atoms with van der Waals surface area (Å²) in [5, 5.41) is 12.5. The molecule has 1 aliphatic carbocycles. The number of rotatable bonds is 8. The Labute approximate surface area is 174 Å². The van der Waals surface area contributed by atoms with E-state index in [0.29, 0.717) is 28.3 Å². The van der Waals surface area contributed by atoms with Gasteiger partial charge in [0, 0.05) is 23.9 Å². The van der Waals surface area contributed by atoms with Crippen LogP contribution in [0.1, 0.15) is 31.0 Å². The molecule has 1 heterocycles. The molecule has 2 aromatic rings. The topological polar surface area (TPSA) is 103 Å². The van der Waals surface area contributed by atoms with Gasteiger partial charge in [-0.15, -0.1) is 10.2 Å². The first kappa shape index (κ1) is 20.3. The van der Waals surface area contributed by atoms with Crippen LogP contribution in [0.4, 0.5) is 5.69 Å². The summed E-state index contributed by atoms with van der Waals surface area (Å²) in [4.78, 5) is 23.4. The van der Waals surface area contributed by atoms with E-state index < -0.39 is 5.91 Å². The summed E-state index contributed by atoms with van der Waals surface area (Å²) in [6.45, 7) is 0.396. The molecular weight excluding hydrogens is 433 g/mol. The predicted molar refractivity (Wildman–Crippen MR) is 107 cm³/mol. The maximum Gasteiger partial charge on any atom is 0.234 e. The third-order valence-corrected chi connectivity index (χ3v) is 5.65. The van der Waals surface area contributed by atoms with Gasteiger partial charge in [0.25, 0.3) is 0 Å². The van der Waals surface area contributed by atoms with Crippen LogP contribution in [0.2, 0.25) is 15.1 Å². The van der Waals surface area contributed by atoms with Crippen molar-refractivity contribution in [2.24, 2.45) is 5.73 Å². The predicted octanol–water partition coefficient (Wildman–Crippen LogP) is 3.72. The highest BCUT2D eigenvalue weighted by Crippen LogP contribution is 2.40. The molecule has 0 unspecified atom stereocenters. The fourth-order valence-electron chi connectivity index (χ4n) is 2.45. The third-order valence-electron chi connectivity index (χ3n) is 3.87. The molecule has 1 fully saturated rings. The van der Waals surface area contributed by atoms with E-state index in [1.165, 1.54) is 23.9 Å². The van der Waals surface area contributed by atoms with Crippen molar-refractivity contribution in [1.82, 2.24) is 14.8 Å². The Morgan fingerprint density at radius 2 is 1.89 bits per heavy atom. The molecule has 3 rings (SSSR count). The molecule has 3 N–H and O–H groups in total. The minimum atomic E-state index is -0.397. The van der Waals surface area contributed by atoms with Crippen LogP contribution in [-0.2, 0) is 16.1 Å². The Balaban J connectivity index is 1.66. The average molecular weight is 449 g/mol. The summed E-state index contributed by atoms with van der Waals surface area (Å²) in [6.07, 6.45) is 2.29. The molecule has 0 saturated heterocycles. The number of carbonyl (C=O) groups is 2. The van der Waals surface area contributed by atoms with Gasteiger partial charge in [-0.25, -0.2) is 0 Å². The van der Waals surface area contributed by atoms with Gasteiger partial charge in [0.1, 0.15) is 5.82 Å². The number of thioether (sulfide) groups is 1. The Morgan fingerprint density at radius 3 is 2.48 bits per heavy atom. The molecule has 0 bridgehead atoms. The molecule has 2 amide bonds. The van der Waals surface area contributed by atoms with Crippen molar-refractivity contribution in [3.05, 3.63) is 33.0 Å². The average Bonchev–Trinajstić information content (AvgIpc) is 3.35. The quantitative estimate of drug-likeness (QED) is 0.599. The number of primary amides is 1. The highest BCUT2D eigenvalue weighted by atomic mass is 35.5. The highest BCUT2D eigenvalue weighted by Gasteiger charge is 2.30. The van der Waals surface area contributed by atoms with Crippen LogP contribution < -0.4 is 11.1 Å². The molecule has 0 aliphatic heterocycles. The number of anilines is 1. The van der Waals surface area contributed by atoms with Crippen LogP contribution >= 0.6 is 46.6 Å². The van der Waals surface area contributed by atoms with E-state index in [9.17, 15) is 9.59 Å². The van der Waals surface area contributed by atoms with Crippen molar-refractivity contribution in [3.63, 3.8) is 0 Å². The molecular formula is C16H16Cl3N5O2S. The van der Waals surface area contributed by atoms with Gasteiger partial charge in [-0.3, -0.25) is 9.59 Å². The summed E-state index contributed by atoms with van der Waals surface area (Å²) in [7, 11) is 0. The van der Waals surface area contributed by atoms with E-state index in [-0.39, 0.29) is 28.1 Å². The van der Waals surface area contributed by atoms with Crippen molar-refractivity contribution < 1.29 is 9.59 Å². The maximum absolute atomic E-state index is 12.3. The van der Waals surface area contributed by atoms with Crippen LogP contribution in [0.5, 0.6) is 0 Å². The molecule has 1 aromatic carbocycles. The lowest BCUT2D eigenvalue weighted by atomic mass is 10.3. The fourth-order valence-corrected chi connectivity index (χ4v) is 4.13. The zero-order valence-electron chi connectivity index (χ0n) is 14.0. The molecule has 1 aromatic heterocycles. The molecule has 0 radical (unpaired) electrons. The number of nitrogens with zero attached hydrogens (tertiary/aromatic N) is 3. The monoisotopic (exact) mass is 447 g/mol. The highest BCUT2D eigenvalue weighted by molar-refractivity contribution is 7.99. The van der Waals surface area contributed by atoms with Gasteiger partial charge in [-0.1, -0.05) is 46.6 Å². The summed E-state index contributed by atoms with van der Waals surface area (Å²) >= 11 is 19.2. The molecule has 0 atom stereocenters. The van der Waals surface area contributed by atoms with Crippen LogP contribution in [0, 0.1) is 0 Å². The minimum Gasteiger partial charge on any atom is -0.370 e. The zero-order valence-corrected chi connectivity index (χ0v) is 17.1. The van der Waals surface area contributed by atoms with Crippen molar-refractivity contribution in [2.75, 3.05) is 11.1 Å². The molecule has 7 nitrogen and oxygen atoms in total. The summed E-state index contributed by atoms with van der Waals surface area (Å²) < 4.78 is 1.86. The Kier molecular flexibility index (Phi) is 6.52. The van der Waals surface area contributed by atoms with Crippen molar-refractivity contribution in [1.29, 1.82) is 0 Å². The summed E-state index contributed by atoms with van der Waals surface area (Å²) in [5.41, 5.74) is 5.56. The minimum absolute atomic E-state index is 0.0780. The van der Waals surface area contributed by atoms with Crippen LogP contribution in [0.3, 0.4) is 0 Å². The fraction of sp³-hybridized carbons (Fsp3) is 0.375. The number of amides is 2. The van der Waals surface area contributed by atoms with Crippen molar-refractivity contribution in [2.45, 2.75) is 36.9 Å². The molecule has 1 aliphatic rings. The van der Waals surface area contributed by atoms with Gasteiger partial charge in [-0.2, -0.15) is 0 Å². The lowest BCUT2D eigenvalue weighted by molar-refractivity contribution is -0.118. The van der Waals surface area contributed by atoms with E-state index >= 15 is 0 Å². The molecule has 27 heavy (non-hydrogen) atoms. The van der Waals surface area contributed by atoms with E-state index in [0.717, 1.165) is 18.7 Å². The van der Waals surface area contributed by atoms with E-state index in [1.807, 2.05) is 4.57 Å². The largest absolute Gasteiger partial charge is 0.370 e. The van der Waals surface area contributed by atoms with E-state index in [2.05, 4.69) is 15.5 Å².